The van der Waals surface area contributed by atoms with E-state index in [1.165, 1.54) is 24.0 Å². The molecule has 116 valence electrons. The Hall–Kier alpha value is -0.910. The molecular formula is C16H24N2O2S. The van der Waals surface area contributed by atoms with E-state index in [1.54, 1.807) is 0 Å². The molecule has 1 aliphatic carbocycles. The van der Waals surface area contributed by atoms with Gasteiger partial charge in [-0.15, -0.1) is 0 Å². The first-order valence-electron chi connectivity index (χ1n) is 7.77. The lowest BCUT2D eigenvalue weighted by molar-refractivity contribution is 0.218. The molecule has 0 amide bonds. The minimum absolute atomic E-state index is 0.111. The lowest BCUT2D eigenvalue weighted by Gasteiger charge is -2.33. The molecule has 0 radical (unpaired) electrons. The molecule has 1 heterocycles. The van der Waals surface area contributed by atoms with E-state index in [-0.39, 0.29) is 11.8 Å². The Morgan fingerprint density at radius 2 is 1.86 bits per heavy atom. The zero-order chi connectivity index (χ0) is 14.9. The van der Waals surface area contributed by atoms with Gasteiger partial charge in [0.1, 0.15) is 0 Å². The number of nitrogens with zero attached hydrogens (tertiary/aromatic N) is 1. The Balaban J connectivity index is 1.54. The van der Waals surface area contributed by atoms with Gasteiger partial charge >= 0.3 is 0 Å². The average Bonchev–Trinajstić information content (AvgIpc) is 3.25. The van der Waals surface area contributed by atoms with Crippen LogP contribution < -0.4 is 5.32 Å². The molecule has 1 N–H and O–H groups in total. The number of benzene rings is 1. The highest BCUT2D eigenvalue weighted by Crippen LogP contribution is 2.20. The maximum absolute atomic E-state index is 11.6. The second kappa shape index (κ2) is 6.07. The summed E-state index contributed by atoms with van der Waals surface area (Å²) in [5.74, 6) is 0.580. The van der Waals surface area contributed by atoms with Crippen LogP contribution in [0, 0.1) is 0 Å². The Morgan fingerprint density at radius 1 is 1.19 bits per heavy atom. The van der Waals surface area contributed by atoms with Gasteiger partial charge in [0.05, 0.1) is 11.5 Å². The molecule has 2 aliphatic rings. The van der Waals surface area contributed by atoms with Gasteiger partial charge in [-0.05, 0) is 30.9 Å². The second-order valence-electron chi connectivity index (χ2n) is 6.41. The molecule has 1 aromatic rings. The fraction of sp³-hybridized carbons (Fsp3) is 0.625. The lowest BCUT2D eigenvalue weighted by Crippen LogP contribution is -2.46. The number of hydrogen-bond donors (Lipinski definition) is 1. The summed E-state index contributed by atoms with van der Waals surface area (Å²) in [4.78, 5) is 2.26. The molecule has 2 fully saturated rings. The van der Waals surface area contributed by atoms with Gasteiger partial charge in [-0.25, -0.2) is 8.42 Å². The van der Waals surface area contributed by atoms with Crippen LogP contribution in [0.2, 0.25) is 0 Å². The van der Waals surface area contributed by atoms with E-state index in [4.69, 9.17) is 0 Å². The summed E-state index contributed by atoms with van der Waals surface area (Å²) in [7, 11) is -2.82. The standard InChI is InChI=1S/C16H24N2O2S/c1-13-12-21(19,20)9-8-18(13)11-15-4-2-14(3-5-15)10-17-16-6-7-16/h2-5,13,16-17H,6-12H2,1H3. The van der Waals surface area contributed by atoms with Crippen LogP contribution in [0.15, 0.2) is 24.3 Å². The van der Waals surface area contributed by atoms with Gasteiger partial charge in [0.2, 0.25) is 0 Å². The fourth-order valence-corrected chi connectivity index (χ4v) is 4.44. The van der Waals surface area contributed by atoms with E-state index >= 15 is 0 Å². The van der Waals surface area contributed by atoms with Gasteiger partial charge in [-0.3, -0.25) is 4.90 Å². The highest BCUT2D eigenvalue weighted by Gasteiger charge is 2.27. The van der Waals surface area contributed by atoms with Gasteiger partial charge in [0, 0.05) is 31.7 Å². The van der Waals surface area contributed by atoms with Crippen LogP contribution in [0.5, 0.6) is 0 Å². The summed E-state index contributed by atoms with van der Waals surface area (Å²) in [5, 5.41) is 3.51. The Kier molecular flexibility index (Phi) is 4.33. The Bertz CT molecular complexity index is 579. The van der Waals surface area contributed by atoms with Crippen molar-refractivity contribution in [2.24, 2.45) is 0 Å². The van der Waals surface area contributed by atoms with Crippen LogP contribution >= 0.6 is 0 Å². The molecule has 1 saturated heterocycles. The van der Waals surface area contributed by atoms with Crippen LogP contribution in [-0.2, 0) is 22.9 Å². The molecule has 0 aromatic heterocycles. The van der Waals surface area contributed by atoms with Gasteiger partial charge in [0.15, 0.2) is 9.84 Å². The average molecular weight is 308 g/mol. The largest absolute Gasteiger partial charge is 0.310 e. The van der Waals surface area contributed by atoms with Crippen molar-refractivity contribution in [3.63, 3.8) is 0 Å². The maximum atomic E-state index is 11.6. The first-order chi connectivity index (χ1) is 10.0. The van der Waals surface area contributed by atoms with Crippen LogP contribution in [0.4, 0.5) is 0 Å². The lowest BCUT2D eigenvalue weighted by atomic mass is 10.1. The van der Waals surface area contributed by atoms with Crippen molar-refractivity contribution in [3.8, 4) is 0 Å². The molecule has 1 aromatic carbocycles. The highest BCUT2D eigenvalue weighted by molar-refractivity contribution is 7.91. The van der Waals surface area contributed by atoms with Crippen molar-refractivity contribution in [1.29, 1.82) is 0 Å². The summed E-state index contributed by atoms with van der Waals surface area (Å²) in [6.45, 7) is 4.44. The summed E-state index contributed by atoms with van der Waals surface area (Å²) in [6.07, 6.45) is 2.63. The first kappa shape index (κ1) is 15.0. The molecule has 1 saturated carbocycles. The van der Waals surface area contributed by atoms with Gasteiger partial charge in [-0.1, -0.05) is 24.3 Å². The van der Waals surface area contributed by atoms with E-state index < -0.39 is 9.84 Å². The minimum Gasteiger partial charge on any atom is -0.310 e. The molecule has 21 heavy (non-hydrogen) atoms. The topological polar surface area (TPSA) is 49.4 Å². The van der Waals surface area contributed by atoms with Crippen molar-refractivity contribution < 1.29 is 8.42 Å². The van der Waals surface area contributed by atoms with E-state index in [0.29, 0.717) is 12.3 Å². The Labute approximate surface area is 127 Å². The van der Waals surface area contributed by atoms with Crippen molar-refractivity contribution in [3.05, 3.63) is 35.4 Å². The smallest absolute Gasteiger partial charge is 0.153 e. The number of rotatable bonds is 5. The Morgan fingerprint density at radius 3 is 2.48 bits per heavy atom. The molecule has 1 atom stereocenters. The van der Waals surface area contributed by atoms with Crippen LogP contribution in [-0.4, -0.2) is 43.5 Å². The predicted molar refractivity (Wildman–Crippen MR) is 84.8 cm³/mol. The predicted octanol–water partition coefficient (Wildman–Crippen LogP) is 1.56. The monoisotopic (exact) mass is 308 g/mol. The number of nitrogens with one attached hydrogen (secondary N) is 1. The molecule has 4 nitrogen and oxygen atoms in total. The van der Waals surface area contributed by atoms with Crippen LogP contribution in [0.3, 0.4) is 0 Å². The normalized spacial score (nSPS) is 25.9. The first-order valence-corrected chi connectivity index (χ1v) is 9.60. The minimum atomic E-state index is -2.82. The molecule has 0 spiro atoms. The van der Waals surface area contributed by atoms with Crippen LogP contribution in [0.25, 0.3) is 0 Å². The third kappa shape index (κ3) is 4.28. The zero-order valence-corrected chi connectivity index (χ0v) is 13.4. The number of hydrogen-bond acceptors (Lipinski definition) is 4. The molecule has 1 unspecified atom stereocenters. The summed E-state index contributed by atoms with van der Waals surface area (Å²) >= 11 is 0. The molecule has 1 aliphatic heterocycles. The fourth-order valence-electron chi connectivity index (χ4n) is 2.81. The molecular weight excluding hydrogens is 284 g/mol. The molecule has 3 rings (SSSR count). The summed E-state index contributed by atoms with van der Waals surface area (Å²) in [5.41, 5.74) is 2.58. The summed E-state index contributed by atoms with van der Waals surface area (Å²) < 4.78 is 23.2. The molecule has 0 bridgehead atoms. The van der Waals surface area contributed by atoms with Gasteiger partial charge in [-0.2, -0.15) is 0 Å². The SMILES string of the molecule is CC1CS(=O)(=O)CCN1Cc1ccc(CNC2CC2)cc1. The molecule has 5 heteroatoms. The summed E-state index contributed by atoms with van der Waals surface area (Å²) in [6, 6.07) is 9.53. The van der Waals surface area contributed by atoms with E-state index in [2.05, 4.69) is 34.5 Å². The van der Waals surface area contributed by atoms with Crippen LogP contribution in [0.1, 0.15) is 30.9 Å². The van der Waals surface area contributed by atoms with Crippen molar-refractivity contribution in [2.75, 3.05) is 18.1 Å². The van der Waals surface area contributed by atoms with Crippen molar-refractivity contribution in [1.82, 2.24) is 10.2 Å². The van der Waals surface area contributed by atoms with Gasteiger partial charge in [0.25, 0.3) is 0 Å². The van der Waals surface area contributed by atoms with Crippen molar-refractivity contribution >= 4 is 9.84 Å². The highest BCUT2D eigenvalue weighted by atomic mass is 32.2. The number of sulfone groups is 1. The third-order valence-electron chi connectivity index (χ3n) is 4.39. The zero-order valence-electron chi connectivity index (χ0n) is 12.6. The second-order valence-corrected chi connectivity index (χ2v) is 8.63. The van der Waals surface area contributed by atoms with E-state index in [0.717, 1.165) is 19.1 Å². The third-order valence-corrected chi connectivity index (χ3v) is 6.18. The maximum Gasteiger partial charge on any atom is 0.153 e. The van der Waals surface area contributed by atoms with E-state index in [9.17, 15) is 8.42 Å². The van der Waals surface area contributed by atoms with E-state index in [1.807, 2.05) is 6.92 Å². The van der Waals surface area contributed by atoms with Crippen molar-refractivity contribution in [2.45, 2.75) is 44.9 Å². The van der Waals surface area contributed by atoms with Gasteiger partial charge < -0.3 is 5.32 Å². The quantitative estimate of drug-likeness (QED) is 0.897.